The van der Waals surface area contributed by atoms with Crippen LogP contribution in [-0.2, 0) is 12.8 Å². The van der Waals surface area contributed by atoms with Gasteiger partial charge in [-0.15, -0.1) is 0 Å². The first-order valence-electron chi connectivity index (χ1n) is 5.81. The molecule has 0 spiro atoms. The van der Waals surface area contributed by atoms with Crippen molar-refractivity contribution in [1.82, 2.24) is 9.78 Å². The first-order valence-corrected chi connectivity index (χ1v) is 6.19. The molecule has 0 fully saturated rings. The zero-order chi connectivity index (χ0) is 11.8. The summed E-state index contributed by atoms with van der Waals surface area (Å²) in [6.07, 6.45) is 4.76. The van der Waals surface area contributed by atoms with Crippen LogP contribution in [0.5, 0.6) is 0 Å². The van der Waals surface area contributed by atoms with Crippen molar-refractivity contribution in [3.63, 3.8) is 0 Å². The number of anilines is 1. The fourth-order valence-electron chi connectivity index (χ4n) is 2.53. The summed E-state index contributed by atoms with van der Waals surface area (Å²) in [6, 6.07) is 8.89. The molecule has 2 N–H and O–H groups in total. The molecule has 1 unspecified atom stereocenters. The largest absolute Gasteiger partial charge is 0.383 e. The minimum atomic E-state index is 0.331. The van der Waals surface area contributed by atoms with Crippen molar-refractivity contribution in [2.45, 2.75) is 25.3 Å². The monoisotopic (exact) mass is 247 g/mol. The molecular formula is C13H14ClN3. The number of nitrogen functional groups attached to an aromatic ring is 1. The van der Waals surface area contributed by atoms with E-state index in [1.807, 2.05) is 4.68 Å². The highest BCUT2D eigenvalue weighted by Gasteiger charge is 2.22. The smallest absolute Gasteiger partial charge is 0.140 e. The standard InChI is InChI=1S/C13H14ClN3/c14-12-8-16-17(13(12)15)11-6-5-9-3-1-2-4-10(9)7-11/h1-4,8,11H,5-7,15H2. The molecule has 17 heavy (non-hydrogen) atoms. The summed E-state index contributed by atoms with van der Waals surface area (Å²) in [5, 5.41) is 4.82. The second-order valence-electron chi connectivity index (χ2n) is 4.49. The Bertz CT molecular complexity index is 547. The van der Waals surface area contributed by atoms with Gasteiger partial charge in [-0.3, -0.25) is 0 Å². The quantitative estimate of drug-likeness (QED) is 0.842. The van der Waals surface area contributed by atoms with Gasteiger partial charge in [0.05, 0.1) is 12.2 Å². The molecule has 0 bridgehead atoms. The van der Waals surface area contributed by atoms with Gasteiger partial charge in [0.2, 0.25) is 0 Å². The Morgan fingerprint density at radius 3 is 2.76 bits per heavy atom. The molecule has 1 atom stereocenters. The lowest BCUT2D eigenvalue weighted by atomic mass is 9.88. The average Bonchev–Trinajstić information content (AvgIpc) is 2.70. The van der Waals surface area contributed by atoms with Crippen molar-refractivity contribution < 1.29 is 0 Å². The molecule has 0 radical (unpaired) electrons. The van der Waals surface area contributed by atoms with Gasteiger partial charge in [-0.2, -0.15) is 5.10 Å². The van der Waals surface area contributed by atoms with Gasteiger partial charge in [0.1, 0.15) is 10.8 Å². The molecule has 1 aromatic heterocycles. The topological polar surface area (TPSA) is 43.8 Å². The third-order valence-electron chi connectivity index (χ3n) is 3.45. The molecule has 2 aromatic rings. The molecule has 4 heteroatoms. The van der Waals surface area contributed by atoms with Crippen LogP contribution in [0.15, 0.2) is 30.5 Å². The maximum Gasteiger partial charge on any atom is 0.140 e. The van der Waals surface area contributed by atoms with E-state index < -0.39 is 0 Å². The number of benzene rings is 1. The number of fused-ring (bicyclic) bond motifs is 1. The van der Waals surface area contributed by atoms with Gasteiger partial charge in [-0.1, -0.05) is 35.9 Å². The number of nitrogens with two attached hydrogens (primary N) is 1. The number of rotatable bonds is 1. The highest BCUT2D eigenvalue weighted by atomic mass is 35.5. The first kappa shape index (κ1) is 10.7. The number of aromatic nitrogens is 2. The zero-order valence-corrected chi connectivity index (χ0v) is 10.2. The van der Waals surface area contributed by atoms with Gasteiger partial charge in [0.25, 0.3) is 0 Å². The van der Waals surface area contributed by atoms with Crippen molar-refractivity contribution >= 4 is 17.4 Å². The molecule has 0 saturated carbocycles. The third-order valence-corrected chi connectivity index (χ3v) is 3.74. The molecule has 3 nitrogen and oxygen atoms in total. The van der Waals surface area contributed by atoms with E-state index in [1.54, 1.807) is 6.20 Å². The van der Waals surface area contributed by atoms with E-state index in [2.05, 4.69) is 29.4 Å². The fourth-order valence-corrected chi connectivity index (χ4v) is 2.66. The van der Waals surface area contributed by atoms with Crippen LogP contribution in [0.1, 0.15) is 23.6 Å². The van der Waals surface area contributed by atoms with Crippen molar-refractivity contribution in [2.75, 3.05) is 5.73 Å². The Balaban J connectivity index is 1.92. The molecule has 0 amide bonds. The normalized spacial score (nSPS) is 19.0. The highest BCUT2D eigenvalue weighted by molar-refractivity contribution is 6.32. The minimum Gasteiger partial charge on any atom is -0.383 e. The minimum absolute atomic E-state index is 0.331. The lowest BCUT2D eigenvalue weighted by Crippen LogP contribution is -2.20. The number of hydrogen-bond acceptors (Lipinski definition) is 2. The number of halogens is 1. The van der Waals surface area contributed by atoms with Gasteiger partial charge in [-0.25, -0.2) is 4.68 Å². The Morgan fingerprint density at radius 1 is 1.29 bits per heavy atom. The number of aryl methyl sites for hydroxylation is 1. The Kier molecular flexibility index (Phi) is 2.56. The third kappa shape index (κ3) is 1.80. The molecule has 88 valence electrons. The molecule has 3 rings (SSSR count). The van der Waals surface area contributed by atoms with Crippen LogP contribution >= 0.6 is 11.6 Å². The van der Waals surface area contributed by atoms with E-state index in [-0.39, 0.29) is 0 Å². The van der Waals surface area contributed by atoms with Crippen molar-refractivity contribution in [1.29, 1.82) is 0 Å². The van der Waals surface area contributed by atoms with Crippen LogP contribution in [0.4, 0.5) is 5.82 Å². The summed E-state index contributed by atoms with van der Waals surface area (Å²) in [5.74, 6) is 0.580. The molecule has 0 saturated heterocycles. The van der Waals surface area contributed by atoms with E-state index in [0.717, 1.165) is 19.3 Å². The van der Waals surface area contributed by atoms with Crippen LogP contribution < -0.4 is 5.73 Å². The summed E-state index contributed by atoms with van der Waals surface area (Å²) < 4.78 is 1.86. The van der Waals surface area contributed by atoms with E-state index in [4.69, 9.17) is 17.3 Å². The van der Waals surface area contributed by atoms with Gasteiger partial charge in [-0.05, 0) is 30.4 Å². The zero-order valence-electron chi connectivity index (χ0n) is 9.44. The lowest BCUT2D eigenvalue weighted by molar-refractivity contribution is 0.410. The number of hydrogen-bond donors (Lipinski definition) is 1. The van der Waals surface area contributed by atoms with Crippen LogP contribution in [-0.4, -0.2) is 9.78 Å². The van der Waals surface area contributed by atoms with Gasteiger partial charge < -0.3 is 5.73 Å². The highest BCUT2D eigenvalue weighted by Crippen LogP contribution is 2.31. The van der Waals surface area contributed by atoms with Crippen molar-refractivity contribution in [2.24, 2.45) is 0 Å². The molecular weight excluding hydrogens is 234 g/mol. The van der Waals surface area contributed by atoms with Crippen LogP contribution in [0.2, 0.25) is 5.02 Å². The molecule has 1 aliphatic carbocycles. The predicted molar refractivity (Wildman–Crippen MR) is 69.2 cm³/mol. The fraction of sp³-hybridized carbons (Fsp3) is 0.308. The van der Waals surface area contributed by atoms with E-state index in [0.29, 0.717) is 16.9 Å². The van der Waals surface area contributed by atoms with Crippen LogP contribution in [0.3, 0.4) is 0 Å². The summed E-state index contributed by atoms with van der Waals surface area (Å²) >= 11 is 5.94. The van der Waals surface area contributed by atoms with Crippen molar-refractivity contribution in [3.05, 3.63) is 46.6 Å². The molecule has 1 heterocycles. The molecule has 1 aliphatic rings. The van der Waals surface area contributed by atoms with E-state index in [1.165, 1.54) is 11.1 Å². The maximum absolute atomic E-state index is 5.94. The van der Waals surface area contributed by atoms with Crippen LogP contribution in [0.25, 0.3) is 0 Å². The Labute approximate surface area is 105 Å². The number of nitrogens with zero attached hydrogens (tertiary/aromatic N) is 2. The summed E-state index contributed by atoms with van der Waals surface area (Å²) in [7, 11) is 0. The van der Waals surface area contributed by atoms with Gasteiger partial charge in [0.15, 0.2) is 0 Å². The first-order chi connectivity index (χ1) is 8.25. The SMILES string of the molecule is Nc1c(Cl)cnn1C1CCc2ccccc2C1. The Morgan fingerprint density at radius 2 is 2.06 bits per heavy atom. The summed E-state index contributed by atoms with van der Waals surface area (Å²) in [5.41, 5.74) is 8.76. The van der Waals surface area contributed by atoms with E-state index >= 15 is 0 Å². The lowest BCUT2D eigenvalue weighted by Gasteiger charge is -2.25. The maximum atomic E-state index is 5.94. The predicted octanol–water partition coefficient (Wildman–Crippen LogP) is 2.85. The van der Waals surface area contributed by atoms with Crippen LogP contribution in [0, 0.1) is 0 Å². The summed E-state index contributed by atoms with van der Waals surface area (Å²) in [4.78, 5) is 0. The molecule has 1 aromatic carbocycles. The second kappa shape index (κ2) is 4.08. The van der Waals surface area contributed by atoms with Gasteiger partial charge >= 0.3 is 0 Å². The molecule has 0 aliphatic heterocycles. The van der Waals surface area contributed by atoms with Crippen molar-refractivity contribution in [3.8, 4) is 0 Å². The summed E-state index contributed by atoms with van der Waals surface area (Å²) in [6.45, 7) is 0. The second-order valence-corrected chi connectivity index (χ2v) is 4.89. The Hall–Kier alpha value is -1.48. The van der Waals surface area contributed by atoms with Gasteiger partial charge in [0, 0.05) is 0 Å². The van der Waals surface area contributed by atoms with E-state index in [9.17, 15) is 0 Å². The average molecular weight is 248 g/mol.